The molecule has 2 aromatic rings. The second kappa shape index (κ2) is 4.26. The molecule has 0 aliphatic carbocycles. The molecule has 3 nitrogen and oxygen atoms in total. The van der Waals surface area contributed by atoms with E-state index in [1.54, 1.807) is 13.4 Å². The highest BCUT2D eigenvalue weighted by Gasteiger charge is 2.28. The summed E-state index contributed by atoms with van der Waals surface area (Å²) in [7, 11) is 1.76. The topological polar surface area (TPSA) is 34.4 Å². The Morgan fingerprint density at radius 2 is 2.12 bits per heavy atom. The number of fused-ring (bicyclic) bond motifs is 1. The fourth-order valence-corrected chi connectivity index (χ4v) is 2.40. The van der Waals surface area contributed by atoms with Crippen molar-refractivity contribution in [2.45, 2.75) is 18.6 Å². The number of para-hydroxylation sites is 1. The molecule has 0 spiro atoms. The van der Waals surface area contributed by atoms with E-state index >= 15 is 0 Å². The fourth-order valence-electron chi connectivity index (χ4n) is 2.40. The number of anilines is 1. The van der Waals surface area contributed by atoms with E-state index in [4.69, 9.17) is 9.15 Å². The van der Waals surface area contributed by atoms with Crippen LogP contribution in [-0.2, 0) is 4.74 Å². The molecule has 3 heteroatoms. The smallest absolute Gasteiger partial charge is 0.126 e. The van der Waals surface area contributed by atoms with Gasteiger partial charge in [-0.1, -0.05) is 18.2 Å². The summed E-state index contributed by atoms with van der Waals surface area (Å²) < 4.78 is 11.0. The minimum absolute atomic E-state index is 0.127. The van der Waals surface area contributed by atoms with Crippen LogP contribution in [0.5, 0.6) is 0 Å². The number of methoxy groups -OCH3 is 1. The molecule has 1 aliphatic rings. The molecule has 1 aromatic heterocycles. The summed E-state index contributed by atoms with van der Waals surface area (Å²) in [5, 5.41) is 3.49. The van der Waals surface area contributed by atoms with Crippen molar-refractivity contribution in [2.75, 3.05) is 12.4 Å². The summed E-state index contributed by atoms with van der Waals surface area (Å²) in [6.45, 7) is 0. The third kappa shape index (κ3) is 1.83. The maximum atomic E-state index is 5.56. The van der Waals surface area contributed by atoms with Gasteiger partial charge in [-0.2, -0.15) is 0 Å². The number of rotatable bonds is 2. The fraction of sp³-hybridized carbons (Fsp3) is 0.286. The Bertz CT molecular complexity index is 493. The molecule has 0 amide bonds. The first kappa shape index (κ1) is 10.4. The molecule has 0 saturated heterocycles. The average Bonchev–Trinajstić information content (AvgIpc) is 2.91. The number of ether oxygens (including phenoxy) is 1. The predicted octanol–water partition coefficient (Wildman–Crippen LogP) is 3.52. The van der Waals surface area contributed by atoms with E-state index in [1.807, 2.05) is 24.3 Å². The normalized spacial score (nSPS) is 22.9. The van der Waals surface area contributed by atoms with Gasteiger partial charge in [-0.15, -0.1) is 0 Å². The third-order valence-electron chi connectivity index (χ3n) is 3.26. The van der Waals surface area contributed by atoms with Crippen molar-refractivity contribution >= 4 is 5.69 Å². The van der Waals surface area contributed by atoms with Crippen LogP contribution in [0, 0.1) is 0 Å². The Morgan fingerprint density at radius 1 is 1.24 bits per heavy atom. The molecular weight excluding hydrogens is 214 g/mol. The lowest BCUT2D eigenvalue weighted by Crippen LogP contribution is -2.22. The summed E-state index contributed by atoms with van der Waals surface area (Å²) in [6.07, 6.45) is 2.72. The molecule has 2 heterocycles. The highest BCUT2D eigenvalue weighted by atomic mass is 16.5. The van der Waals surface area contributed by atoms with E-state index in [0.717, 1.165) is 17.9 Å². The molecule has 1 aliphatic heterocycles. The maximum Gasteiger partial charge on any atom is 0.126 e. The van der Waals surface area contributed by atoms with E-state index in [0.29, 0.717) is 0 Å². The first-order chi connectivity index (χ1) is 8.38. The van der Waals surface area contributed by atoms with Gasteiger partial charge in [0.05, 0.1) is 18.4 Å². The van der Waals surface area contributed by atoms with Crippen LogP contribution in [0.1, 0.15) is 29.9 Å². The molecule has 1 aromatic carbocycles. The van der Waals surface area contributed by atoms with Gasteiger partial charge in [0.1, 0.15) is 5.76 Å². The van der Waals surface area contributed by atoms with Crippen LogP contribution in [0.3, 0.4) is 0 Å². The molecular formula is C14H15NO2. The largest absolute Gasteiger partial charge is 0.467 e. The minimum atomic E-state index is 0.127. The van der Waals surface area contributed by atoms with Gasteiger partial charge in [-0.3, -0.25) is 0 Å². The van der Waals surface area contributed by atoms with Gasteiger partial charge in [0.2, 0.25) is 0 Å². The van der Waals surface area contributed by atoms with E-state index in [9.17, 15) is 0 Å². The Morgan fingerprint density at radius 3 is 2.88 bits per heavy atom. The first-order valence-corrected chi connectivity index (χ1v) is 5.80. The van der Waals surface area contributed by atoms with Crippen molar-refractivity contribution in [3.8, 4) is 0 Å². The highest BCUT2D eigenvalue weighted by Crippen LogP contribution is 2.40. The van der Waals surface area contributed by atoms with Gasteiger partial charge >= 0.3 is 0 Å². The second-order valence-electron chi connectivity index (χ2n) is 4.26. The van der Waals surface area contributed by atoms with E-state index in [2.05, 4.69) is 17.4 Å². The van der Waals surface area contributed by atoms with Crippen LogP contribution in [0.15, 0.2) is 47.1 Å². The van der Waals surface area contributed by atoms with Gasteiger partial charge < -0.3 is 14.5 Å². The number of furan rings is 1. The van der Waals surface area contributed by atoms with Gasteiger partial charge in [0, 0.05) is 24.8 Å². The lowest BCUT2D eigenvalue weighted by Gasteiger charge is -2.31. The minimum Gasteiger partial charge on any atom is -0.467 e. The van der Waals surface area contributed by atoms with Gasteiger partial charge in [-0.25, -0.2) is 0 Å². The van der Waals surface area contributed by atoms with Crippen molar-refractivity contribution in [1.29, 1.82) is 0 Å². The first-order valence-electron chi connectivity index (χ1n) is 5.80. The van der Waals surface area contributed by atoms with Crippen LogP contribution >= 0.6 is 0 Å². The lowest BCUT2D eigenvalue weighted by atomic mass is 9.94. The van der Waals surface area contributed by atoms with Gasteiger partial charge in [0.25, 0.3) is 0 Å². The molecule has 3 rings (SSSR count). The SMILES string of the molecule is CO[C@@H]1C[C@@H](c2ccco2)Nc2ccccc21. The standard InChI is InChI=1S/C14H15NO2/c1-16-14-9-12(13-7-4-8-17-13)15-11-6-3-2-5-10(11)14/h2-8,12,14-15H,9H2,1H3/t12-,14+/m0/s1. The second-order valence-corrected chi connectivity index (χ2v) is 4.26. The van der Waals surface area contributed by atoms with Gasteiger partial charge in [-0.05, 0) is 18.2 Å². The van der Waals surface area contributed by atoms with Crippen molar-refractivity contribution in [3.05, 3.63) is 54.0 Å². The van der Waals surface area contributed by atoms with E-state index in [-0.39, 0.29) is 12.1 Å². The third-order valence-corrected chi connectivity index (χ3v) is 3.26. The average molecular weight is 229 g/mol. The molecule has 0 bridgehead atoms. The Labute approximate surface area is 100 Å². The molecule has 0 saturated carbocycles. The van der Waals surface area contributed by atoms with E-state index < -0.39 is 0 Å². The highest BCUT2D eigenvalue weighted by molar-refractivity contribution is 5.55. The molecule has 0 radical (unpaired) electrons. The van der Waals surface area contributed by atoms with E-state index in [1.165, 1.54) is 5.56 Å². The number of hydrogen-bond donors (Lipinski definition) is 1. The van der Waals surface area contributed by atoms with Crippen LogP contribution in [0.25, 0.3) is 0 Å². The zero-order chi connectivity index (χ0) is 11.7. The van der Waals surface area contributed by atoms with Gasteiger partial charge in [0.15, 0.2) is 0 Å². The number of benzene rings is 1. The Hall–Kier alpha value is -1.74. The molecule has 0 fully saturated rings. The van der Waals surface area contributed by atoms with Crippen LogP contribution in [-0.4, -0.2) is 7.11 Å². The quantitative estimate of drug-likeness (QED) is 0.855. The summed E-state index contributed by atoms with van der Waals surface area (Å²) in [5.74, 6) is 0.960. The predicted molar refractivity (Wildman–Crippen MR) is 65.9 cm³/mol. The zero-order valence-corrected chi connectivity index (χ0v) is 9.72. The van der Waals surface area contributed by atoms with Crippen molar-refractivity contribution < 1.29 is 9.15 Å². The van der Waals surface area contributed by atoms with Crippen molar-refractivity contribution in [2.24, 2.45) is 0 Å². The summed E-state index contributed by atoms with van der Waals surface area (Å²) in [4.78, 5) is 0. The molecule has 88 valence electrons. The molecule has 0 unspecified atom stereocenters. The lowest BCUT2D eigenvalue weighted by molar-refractivity contribution is 0.0858. The summed E-state index contributed by atoms with van der Waals surface area (Å²) in [6, 6.07) is 12.4. The molecule has 2 atom stereocenters. The Kier molecular flexibility index (Phi) is 2.61. The summed E-state index contributed by atoms with van der Waals surface area (Å²) >= 11 is 0. The zero-order valence-electron chi connectivity index (χ0n) is 9.72. The number of nitrogens with one attached hydrogen (secondary N) is 1. The Balaban J connectivity index is 1.95. The van der Waals surface area contributed by atoms with Crippen molar-refractivity contribution in [1.82, 2.24) is 0 Å². The van der Waals surface area contributed by atoms with Crippen molar-refractivity contribution in [3.63, 3.8) is 0 Å². The monoisotopic (exact) mass is 229 g/mol. The van der Waals surface area contributed by atoms with Crippen LogP contribution < -0.4 is 5.32 Å². The molecule has 1 N–H and O–H groups in total. The summed E-state index contributed by atoms with van der Waals surface area (Å²) in [5.41, 5.74) is 2.35. The van der Waals surface area contributed by atoms with Crippen LogP contribution in [0.4, 0.5) is 5.69 Å². The van der Waals surface area contributed by atoms with Crippen LogP contribution in [0.2, 0.25) is 0 Å². The molecule has 17 heavy (non-hydrogen) atoms. The number of hydrogen-bond acceptors (Lipinski definition) is 3. The maximum absolute atomic E-state index is 5.56.